The minimum absolute atomic E-state index is 0.123. The summed E-state index contributed by atoms with van der Waals surface area (Å²) >= 11 is 0. The van der Waals surface area contributed by atoms with Crippen LogP contribution in [0.2, 0.25) is 0 Å². The molecule has 84 valence electrons. The van der Waals surface area contributed by atoms with Gasteiger partial charge in [0.25, 0.3) is 0 Å². The maximum absolute atomic E-state index is 10.8. The molecule has 4 nitrogen and oxygen atoms in total. The van der Waals surface area contributed by atoms with Gasteiger partial charge in [0, 0.05) is 5.56 Å². The van der Waals surface area contributed by atoms with Gasteiger partial charge in [0.05, 0.1) is 19.1 Å². The molecule has 4 heteroatoms. The minimum atomic E-state index is -0.928. The van der Waals surface area contributed by atoms with Crippen LogP contribution >= 0.6 is 0 Å². The van der Waals surface area contributed by atoms with E-state index in [-0.39, 0.29) is 6.42 Å². The number of methoxy groups -OCH3 is 1. The van der Waals surface area contributed by atoms with Crippen LogP contribution in [0.25, 0.3) is 0 Å². The van der Waals surface area contributed by atoms with Crippen molar-refractivity contribution in [2.45, 2.75) is 19.8 Å². The Balaban J connectivity index is 3.37. The summed E-state index contributed by atoms with van der Waals surface area (Å²) < 4.78 is 5.12. The molecule has 0 aliphatic carbocycles. The lowest BCUT2D eigenvalue weighted by atomic mass is 9.98. The fourth-order valence-corrected chi connectivity index (χ4v) is 1.67. The molecule has 0 saturated heterocycles. The van der Waals surface area contributed by atoms with Crippen molar-refractivity contribution in [3.05, 3.63) is 28.8 Å². The van der Waals surface area contributed by atoms with E-state index in [2.05, 4.69) is 0 Å². The summed E-state index contributed by atoms with van der Waals surface area (Å²) in [5, 5.41) is 17.7. The number of aliphatic carboxylic acids is 1. The first-order valence-electron chi connectivity index (χ1n) is 4.94. The normalized spacial score (nSPS) is 9.56. The van der Waals surface area contributed by atoms with E-state index >= 15 is 0 Å². The topological polar surface area (TPSA) is 70.3 Å². The number of hydrogen-bond acceptors (Lipinski definition) is 3. The van der Waals surface area contributed by atoms with Crippen molar-refractivity contribution >= 4 is 5.97 Å². The smallest absolute Gasteiger partial charge is 0.307 e. The van der Waals surface area contributed by atoms with E-state index in [0.29, 0.717) is 23.3 Å². The molecule has 0 saturated carbocycles. The Hall–Kier alpha value is -2.02. The number of nitriles is 1. The molecule has 0 amide bonds. The molecule has 1 rings (SSSR count). The number of carboxylic acid groups (broad SMARTS) is 1. The highest BCUT2D eigenvalue weighted by atomic mass is 16.5. The Morgan fingerprint density at radius 1 is 1.56 bits per heavy atom. The second-order valence-corrected chi connectivity index (χ2v) is 3.32. The van der Waals surface area contributed by atoms with Crippen molar-refractivity contribution in [3.8, 4) is 11.8 Å². The van der Waals surface area contributed by atoms with Gasteiger partial charge in [0.15, 0.2) is 0 Å². The molecule has 0 atom stereocenters. The Bertz CT molecular complexity index is 446. The number of aryl methyl sites for hydroxylation is 1. The quantitative estimate of drug-likeness (QED) is 0.837. The third-order valence-corrected chi connectivity index (χ3v) is 2.39. The summed E-state index contributed by atoms with van der Waals surface area (Å²) in [6, 6.07) is 5.43. The van der Waals surface area contributed by atoms with Crippen LogP contribution in [0, 0.1) is 11.3 Å². The molecule has 1 aromatic carbocycles. The summed E-state index contributed by atoms with van der Waals surface area (Å²) in [4.78, 5) is 10.8. The third-order valence-electron chi connectivity index (χ3n) is 2.39. The van der Waals surface area contributed by atoms with Crippen molar-refractivity contribution in [2.24, 2.45) is 0 Å². The fourth-order valence-electron chi connectivity index (χ4n) is 1.67. The number of carbonyl (C=O) groups is 1. The van der Waals surface area contributed by atoms with E-state index in [9.17, 15) is 4.79 Å². The van der Waals surface area contributed by atoms with E-state index in [4.69, 9.17) is 15.1 Å². The number of ether oxygens (including phenoxy) is 1. The first-order valence-corrected chi connectivity index (χ1v) is 4.94. The monoisotopic (exact) mass is 219 g/mol. The number of hydrogen-bond donors (Lipinski definition) is 1. The molecule has 0 aliphatic rings. The maximum Gasteiger partial charge on any atom is 0.307 e. The van der Waals surface area contributed by atoms with Gasteiger partial charge in [-0.15, -0.1) is 0 Å². The standard InChI is InChI=1S/C12H13NO3/c1-3-8-4-5-9(7-13)12(16-2)10(8)6-11(14)15/h4-5H,3,6H2,1-2H3,(H,14,15). The average molecular weight is 219 g/mol. The third kappa shape index (κ3) is 2.31. The summed E-state index contributed by atoms with van der Waals surface area (Å²) in [6.45, 7) is 1.94. The van der Waals surface area contributed by atoms with Gasteiger partial charge in [0.2, 0.25) is 0 Å². The lowest BCUT2D eigenvalue weighted by Gasteiger charge is -2.12. The van der Waals surface area contributed by atoms with Crippen molar-refractivity contribution in [2.75, 3.05) is 7.11 Å². The van der Waals surface area contributed by atoms with E-state index in [1.807, 2.05) is 13.0 Å². The number of benzene rings is 1. The van der Waals surface area contributed by atoms with E-state index in [0.717, 1.165) is 5.56 Å². The summed E-state index contributed by atoms with van der Waals surface area (Å²) in [5.41, 5.74) is 1.87. The summed E-state index contributed by atoms with van der Waals surface area (Å²) in [6.07, 6.45) is 0.590. The molecule has 0 radical (unpaired) electrons. The molecule has 0 spiro atoms. The molecule has 0 fully saturated rings. The van der Waals surface area contributed by atoms with Crippen molar-refractivity contribution < 1.29 is 14.6 Å². The Labute approximate surface area is 94.1 Å². The second-order valence-electron chi connectivity index (χ2n) is 3.32. The molecule has 16 heavy (non-hydrogen) atoms. The van der Waals surface area contributed by atoms with Crippen LogP contribution in [-0.2, 0) is 17.6 Å². The lowest BCUT2D eigenvalue weighted by molar-refractivity contribution is -0.136. The predicted octanol–water partition coefficient (Wildman–Crippen LogP) is 1.76. The van der Waals surface area contributed by atoms with Crippen molar-refractivity contribution in [3.63, 3.8) is 0 Å². The van der Waals surface area contributed by atoms with Crippen LogP contribution in [0.5, 0.6) is 5.75 Å². The van der Waals surface area contributed by atoms with Gasteiger partial charge in [-0.25, -0.2) is 0 Å². The molecule has 0 bridgehead atoms. The van der Waals surface area contributed by atoms with Gasteiger partial charge in [-0.05, 0) is 18.1 Å². The number of nitrogens with zero attached hydrogens (tertiary/aromatic N) is 1. The number of carboxylic acids is 1. The molecular formula is C12H13NO3. The van der Waals surface area contributed by atoms with Gasteiger partial charge in [-0.3, -0.25) is 4.79 Å². The van der Waals surface area contributed by atoms with Gasteiger partial charge in [0.1, 0.15) is 11.8 Å². The fraction of sp³-hybridized carbons (Fsp3) is 0.333. The van der Waals surface area contributed by atoms with Crippen LogP contribution in [0.3, 0.4) is 0 Å². The zero-order chi connectivity index (χ0) is 12.1. The van der Waals surface area contributed by atoms with Crippen LogP contribution in [0.1, 0.15) is 23.6 Å². The van der Waals surface area contributed by atoms with Gasteiger partial charge < -0.3 is 9.84 Å². The molecule has 1 aromatic rings. The molecule has 0 heterocycles. The average Bonchev–Trinajstić information content (AvgIpc) is 2.27. The SMILES string of the molecule is CCc1ccc(C#N)c(OC)c1CC(=O)O. The van der Waals surface area contributed by atoms with Crippen molar-refractivity contribution in [1.29, 1.82) is 5.26 Å². The van der Waals surface area contributed by atoms with Crippen LogP contribution in [0.15, 0.2) is 12.1 Å². The molecule has 0 unspecified atom stereocenters. The second kappa shape index (κ2) is 5.17. The van der Waals surface area contributed by atoms with Gasteiger partial charge in [-0.2, -0.15) is 5.26 Å². The lowest BCUT2D eigenvalue weighted by Crippen LogP contribution is -2.07. The summed E-state index contributed by atoms with van der Waals surface area (Å²) in [7, 11) is 1.45. The van der Waals surface area contributed by atoms with E-state index in [1.165, 1.54) is 7.11 Å². The van der Waals surface area contributed by atoms with Crippen LogP contribution in [-0.4, -0.2) is 18.2 Å². The Morgan fingerprint density at radius 3 is 2.69 bits per heavy atom. The zero-order valence-corrected chi connectivity index (χ0v) is 9.28. The largest absolute Gasteiger partial charge is 0.495 e. The first-order chi connectivity index (χ1) is 7.63. The van der Waals surface area contributed by atoms with E-state index < -0.39 is 5.97 Å². The zero-order valence-electron chi connectivity index (χ0n) is 9.28. The number of rotatable bonds is 4. The highest BCUT2D eigenvalue weighted by Gasteiger charge is 2.15. The highest BCUT2D eigenvalue weighted by Crippen LogP contribution is 2.27. The van der Waals surface area contributed by atoms with Crippen LogP contribution < -0.4 is 4.74 Å². The highest BCUT2D eigenvalue weighted by molar-refractivity contribution is 5.73. The molecular weight excluding hydrogens is 206 g/mol. The Morgan fingerprint density at radius 2 is 2.25 bits per heavy atom. The Kier molecular flexibility index (Phi) is 3.90. The maximum atomic E-state index is 10.8. The first kappa shape index (κ1) is 12.1. The van der Waals surface area contributed by atoms with Gasteiger partial charge >= 0.3 is 5.97 Å². The molecule has 1 N–H and O–H groups in total. The van der Waals surface area contributed by atoms with Crippen LogP contribution in [0.4, 0.5) is 0 Å². The summed E-state index contributed by atoms with van der Waals surface area (Å²) in [5.74, 6) is -0.549. The minimum Gasteiger partial charge on any atom is -0.495 e. The van der Waals surface area contributed by atoms with Gasteiger partial charge in [-0.1, -0.05) is 13.0 Å². The van der Waals surface area contributed by atoms with E-state index in [1.54, 1.807) is 12.1 Å². The molecule has 0 aromatic heterocycles. The van der Waals surface area contributed by atoms with Crippen molar-refractivity contribution in [1.82, 2.24) is 0 Å². The molecule has 0 aliphatic heterocycles. The predicted molar refractivity (Wildman–Crippen MR) is 58.4 cm³/mol.